The molecule has 2 N–H and O–H groups in total. The summed E-state index contributed by atoms with van der Waals surface area (Å²) in [5.41, 5.74) is 3.02. The third kappa shape index (κ3) is 7.00. The standard InChI is InChI=1S/C15H14ClFN2O2.C15H15ClN2O2/c16-13-5-11(17)2-1-10(13)7-18-3-4-19-9-15(21)14(20)6-12(19)8-18;16-13-4-2-1-3-11(13)8-17-5-6-18-10-15(20)14(19)7-12(18)9-17/h1-2,5-6,9,21H,3-4,7-8H2;1-4,7,10,20H,5-6,8-9H2. The lowest BCUT2D eigenvalue weighted by Crippen LogP contribution is -2.34. The molecule has 11 heteroatoms. The monoisotopic (exact) mass is 598 g/mol. The molecule has 2 aromatic heterocycles. The second-order valence-electron chi connectivity index (χ2n) is 10.2. The molecular formula is C30H29Cl2FN4O4. The Kier molecular flexibility index (Phi) is 8.79. The molecule has 2 aliphatic heterocycles. The Bertz CT molecular complexity index is 1690. The van der Waals surface area contributed by atoms with Crippen LogP contribution in [-0.4, -0.2) is 42.2 Å². The number of pyridine rings is 2. The van der Waals surface area contributed by atoms with Crippen LogP contribution in [0.4, 0.5) is 4.39 Å². The molecule has 41 heavy (non-hydrogen) atoms. The smallest absolute Gasteiger partial charge is 0.223 e. The quantitative estimate of drug-likeness (QED) is 0.357. The van der Waals surface area contributed by atoms with Crippen LogP contribution in [0.15, 0.2) is 76.6 Å². The fraction of sp³-hybridized carbons (Fsp3) is 0.267. The zero-order valence-electron chi connectivity index (χ0n) is 22.1. The molecule has 2 aromatic carbocycles. The molecule has 0 spiro atoms. The molecule has 214 valence electrons. The average molecular weight is 599 g/mol. The van der Waals surface area contributed by atoms with Crippen molar-refractivity contribution in [2.24, 2.45) is 0 Å². The average Bonchev–Trinajstić information content (AvgIpc) is 2.93. The number of halogens is 3. The van der Waals surface area contributed by atoms with Crippen molar-refractivity contribution in [3.05, 3.63) is 126 Å². The van der Waals surface area contributed by atoms with Crippen molar-refractivity contribution in [1.82, 2.24) is 18.9 Å². The number of aromatic nitrogens is 2. The van der Waals surface area contributed by atoms with Crippen LogP contribution in [0.5, 0.6) is 11.5 Å². The molecule has 0 unspecified atom stereocenters. The first-order chi connectivity index (χ1) is 19.7. The minimum Gasteiger partial charge on any atom is -0.503 e. The molecule has 0 saturated carbocycles. The van der Waals surface area contributed by atoms with Gasteiger partial charge in [0.25, 0.3) is 0 Å². The molecule has 2 aliphatic rings. The fourth-order valence-corrected chi connectivity index (χ4v) is 5.46. The zero-order chi connectivity index (χ0) is 29.1. The number of nitrogens with zero attached hydrogens (tertiary/aromatic N) is 4. The Labute approximate surface area is 246 Å². The van der Waals surface area contributed by atoms with Crippen LogP contribution in [0, 0.1) is 5.82 Å². The highest BCUT2D eigenvalue weighted by Crippen LogP contribution is 2.23. The van der Waals surface area contributed by atoms with Gasteiger partial charge in [-0.1, -0.05) is 47.5 Å². The summed E-state index contributed by atoms with van der Waals surface area (Å²) in [6.07, 6.45) is 2.99. The van der Waals surface area contributed by atoms with Crippen LogP contribution in [0.25, 0.3) is 0 Å². The first-order valence-corrected chi connectivity index (χ1v) is 13.9. The summed E-state index contributed by atoms with van der Waals surface area (Å²) in [7, 11) is 0. The Morgan fingerprint density at radius 3 is 1.71 bits per heavy atom. The van der Waals surface area contributed by atoms with Gasteiger partial charge in [0.15, 0.2) is 11.5 Å². The predicted molar refractivity (Wildman–Crippen MR) is 156 cm³/mol. The van der Waals surface area contributed by atoms with Crippen LogP contribution >= 0.6 is 23.2 Å². The number of benzene rings is 2. The second kappa shape index (κ2) is 12.5. The van der Waals surface area contributed by atoms with Crippen molar-refractivity contribution in [2.75, 3.05) is 13.1 Å². The summed E-state index contributed by atoms with van der Waals surface area (Å²) in [4.78, 5) is 27.4. The van der Waals surface area contributed by atoms with E-state index in [4.69, 9.17) is 23.2 Å². The third-order valence-electron chi connectivity index (χ3n) is 7.24. The van der Waals surface area contributed by atoms with Crippen molar-refractivity contribution in [2.45, 2.75) is 39.3 Å². The Morgan fingerprint density at radius 1 is 0.683 bits per heavy atom. The number of fused-ring (bicyclic) bond motifs is 2. The molecule has 0 aliphatic carbocycles. The van der Waals surface area contributed by atoms with Crippen molar-refractivity contribution >= 4 is 23.2 Å². The van der Waals surface area contributed by atoms with Gasteiger partial charge in [-0.05, 0) is 29.3 Å². The number of aromatic hydroxyl groups is 2. The van der Waals surface area contributed by atoms with E-state index < -0.39 is 0 Å². The SMILES string of the molecule is O=c1cc2n(cc1O)CCN(Cc1ccc(F)cc1Cl)C2.O=c1cc2n(cc1O)CCN(Cc1ccccc1Cl)C2. The molecular weight excluding hydrogens is 570 g/mol. The van der Waals surface area contributed by atoms with Crippen LogP contribution in [0.3, 0.4) is 0 Å². The van der Waals surface area contributed by atoms with Gasteiger partial charge in [0, 0.05) is 85.9 Å². The highest BCUT2D eigenvalue weighted by atomic mass is 35.5. The minimum absolute atomic E-state index is 0.187. The summed E-state index contributed by atoms with van der Waals surface area (Å²) < 4.78 is 16.9. The number of rotatable bonds is 4. The van der Waals surface area contributed by atoms with Crippen LogP contribution < -0.4 is 10.9 Å². The first-order valence-electron chi connectivity index (χ1n) is 13.1. The van der Waals surface area contributed by atoms with E-state index in [9.17, 15) is 24.2 Å². The van der Waals surface area contributed by atoms with Gasteiger partial charge in [-0.2, -0.15) is 0 Å². The van der Waals surface area contributed by atoms with Crippen molar-refractivity contribution in [3.8, 4) is 11.5 Å². The summed E-state index contributed by atoms with van der Waals surface area (Å²) in [6.45, 7) is 5.69. The maximum absolute atomic E-state index is 13.0. The summed E-state index contributed by atoms with van der Waals surface area (Å²) in [5.74, 6) is -0.767. The van der Waals surface area contributed by atoms with Gasteiger partial charge in [-0.3, -0.25) is 19.4 Å². The van der Waals surface area contributed by atoms with Gasteiger partial charge in [-0.15, -0.1) is 0 Å². The summed E-state index contributed by atoms with van der Waals surface area (Å²) in [6, 6.07) is 15.1. The number of hydrogen-bond acceptors (Lipinski definition) is 6. The Balaban J connectivity index is 0.000000165. The second-order valence-corrected chi connectivity index (χ2v) is 11.0. The Morgan fingerprint density at radius 2 is 1.20 bits per heavy atom. The van der Waals surface area contributed by atoms with Crippen LogP contribution in [-0.2, 0) is 39.3 Å². The fourth-order valence-electron chi connectivity index (χ4n) is 5.04. The van der Waals surface area contributed by atoms with Crippen molar-refractivity contribution in [1.29, 1.82) is 0 Å². The molecule has 0 radical (unpaired) electrons. The molecule has 0 atom stereocenters. The van der Waals surface area contributed by atoms with Gasteiger partial charge in [0.2, 0.25) is 10.9 Å². The van der Waals surface area contributed by atoms with Gasteiger partial charge >= 0.3 is 0 Å². The topological polar surface area (TPSA) is 90.9 Å². The number of hydrogen-bond donors (Lipinski definition) is 2. The van der Waals surface area contributed by atoms with Crippen LogP contribution in [0.1, 0.15) is 22.5 Å². The normalized spacial score (nSPS) is 15.0. The van der Waals surface area contributed by atoms with E-state index in [0.717, 1.165) is 53.7 Å². The first kappa shape index (κ1) is 28.9. The van der Waals surface area contributed by atoms with E-state index in [1.807, 2.05) is 33.4 Å². The van der Waals surface area contributed by atoms with Gasteiger partial charge in [0.05, 0.1) is 12.4 Å². The van der Waals surface area contributed by atoms with Crippen molar-refractivity contribution in [3.63, 3.8) is 0 Å². The molecule has 0 saturated heterocycles. The highest BCUT2D eigenvalue weighted by molar-refractivity contribution is 6.31. The van der Waals surface area contributed by atoms with E-state index in [1.54, 1.807) is 6.07 Å². The van der Waals surface area contributed by atoms with Gasteiger partial charge in [-0.25, -0.2) is 4.39 Å². The molecule has 0 amide bonds. The molecule has 4 heterocycles. The van der Waals surface area contributed by atoms with Gasteiger partial charge < -0.3 is 19.3 Å². The van der Waals surface area contributed by atoms with E-state index in [-0.39, 0.29) is 28.2 Å². The molecule has 6 rings (SSSR count). The Hall–Kier alpha value is -3.63. The van der Waals surface area contributed by atoms with Gasteiger partial charge in [0.1, 0.15) is 5.82 Å². The highest BCUT2D eigenvalue weighted by Gasteiger charge is 2.19. The lowest BCUT2D eigenvalue weighted by molar-refractivity contribution is 0.210. The summed E-state index contributed by atoms with van der Waals surface area (Å²) >= 11 is 12.2. The third-order valence-corrected chi connectivity index (χ3v) is 7.96. The van der Waals surface area contributed by atoms with Crippen molar-refractivity contribution < 1.29 is 14.6 Å². The van der Waals surface area contributed by atoms with E-state index in [1.165, 1.54) is 36.7 Å². The van der Waals surface area contributed by atoms with E-state index >= 15 is 0 Å². The van der Waals surface area contributed by atoms with Crippen LogP contribution in [0.2, 0.25) is 10.0 Å². The largest absolute Gasteiger partial charge is 0.503 e. The molecule has 4 aromatic rings. The summed E-state index contributed by atoms with van der Waals surface area (Å²) in [5, 5.41) is 20.1. The molecule has 0 bridgehead atoms. The van der Waals surface area contributed by atoms with E-state index in [0.29, 0.717) is 31.2 Å². The molecule has 0 fully saturated rings. The maximum Gasteiger partial charge on any atom is 0.223 e. The lowest BCUT2D eigenvalue weighted by Gasteiger charge is -2.30. The molecule has 8 nitrogen and oxygen atoms in total. The predicted octanol–water partition coefficient (Wildman–Crippen LogP) is 4.59. The lowest BCUT2D eigenvalue weighted by atomic mass is 10.1. The maximum atomic E-state index is 13.0. The zero-order valence-corrected chi connectivity index (χ0v) is 23.7. The van der Waals surface area contributed by atoms with E-state index in [2.05, 4.69) is 9.80 Å². The minimum atomic E-state index is -0.372.